The molecular formula is C20H24ClNO3. The molecule has 0 aliphatic heterocycles. The van der Waals surface area contributed by atoms with Gasteiger partial charge in [0.25, 0.3) is 0 Å². The lowest BCUT2D eigenvalue weighted by Crippen LogP contribution is -2.32. The summed E-state index contributed by atoms with van der Waals surface area (Å²) in [5, 5.41) is 13.6. The van der Waals surface area contributed by atoms with Gasteiger partial charge >= 0.3 is 0 Å². The second-order valence-electron chi connectivity index (χ2n) is 6.10. The molecule has 25 heavy (non-hydrogen) atoms. The molecule has 2 aromatic carbocycles. The summed E-state index contributed by atoms with van der Waals surface area (Å²) in [6.45, 7) is 5.09. The first-order valence-electron chi connectivity index (χ1n) is 8.33. The summed E-state index contributed by atoms with van der Waals surface area (Å²) in [5.41, 5.74) is 3.03. The van der Waals surface area contributed by atoms with E-state index in [0.717, 1.165) is 11.1 Å². The second kappa shape index (κ2) is 9.56. The van der Waals surface area contributed by atoms with Crippen LogP contribution in [0.3, 0.4) is 0 Å². The van der Waals surface area contributed by atoms with Crippen LogP contribution in [0.2, 0.25) is 5.02 Å². The van der Waals surface area contributed by atoms with Gasteiger partial charge in [0, 0.05) is 30.1 Å². The Balaban J connectivity index is 1.65. The average molecular weight is 362 g/mol. The standard InChI is InChI=1S/C20H24ClNO3/c1-14-3-4-16(11-15(14)2)20(24)9-10-22-12-18(23)13-25-19-7-5-17(21)6-8-19/h3-8,11,18,22-23H,9-10,12-13H2,1-2H3. The highest BCUT2D eigenvalue weighted by atomic mass is 35.5. The summed E-state index contributed by atoms with van der Waals surface area (Å²) in [5.74, 6) is 0.760. The lowest BCUT2D eigenvalue weighted by Gasteiger charge is -2.13. The number of Topliss-reactive ketones (excluding diaryl/α,β-unsaturated/α-hetero) is 1. The molecule has 0 bridgehead atoms. The smallest absolute Gasteiger partial charge is 0.164 e. The third-order valence-corrected chi connectivity index (χ3v) is 4.25. The number of aliphatic hydroxyl groups excluding tert-OH is 1. The molecule has 0 aromatic heterocycles. The summed E-state index contributed by atoms with van der Waals surface area (Å²) in [7, 11) is 0. The molecule has 134 valence electrons. The Bertz CT molecular complexity index is 701. The molecule has 1 atom stereocenters. The Morgan fingerprint density at radius 3 is 2.56 bits per heavy atom. The van der Waals surface area contributed by atoms with Crippen molar-refractivity contribution in [3.63, 3.8) is 0 Å². The molecule has 2 aromatic rings. The van der Waals surface area contributed by atoms with Gasteiger partial charge in [-0.2, -0.15) is 0 Å². The van der Waals surface area contributed by atoms with E-state index in [-0.39, 0.29) is 12.4 Å². The first-order chi connectivity index (χ1) is 12.0. The Labute approximate surface area is 153 Å². The minimum Gasteiger partial charge on any atom is -0.491 e. The zero-order valence-corrected chi connectivity index (χ0v) is 15.3. The summed E-state index contributed by atoms with van der Waals surface area (Å²) < 4.78 is 5.48. The molecule has 0 fully saturated rings. The monoisotopic (exact) mass is 361 g/mol. The van der Waals surface area contributed by atoms with Crippen LogP contribution < -0.4 is 10.1 Å². The Morgan fingerprint density at radius 1 is 1.16 bits per heavy atom. The quantitative estimate of drug-likeness (QED) is 0.529. The summed E-state index contributed by atoms with van der Waals surface area (Å²) in [6, 6.07) is 12.7. The molecule has 0 aliphatic carbocycles. The molecule has 0 aliphatic rings. The van der Waals surface area contributed by atoms with E-state index in [1.54, 1.807) is 24.3 Å². The fourth-order valence-corrected chi connectivity index (χ4v) is 2.44. The molecule has 0 spiro atoms. The van der Waals surface area contributed by atoms with Crippen LogP contribution in [-0.4, -0.2) is 36.7 Å². The zero-order valence-electron chi connectivity index (χ0n) is 14.6. The maximum atomic E-state index is 12.2. The molecule has 0 saturated carbocycles. The number of hydrogen-bond donors (Lipinski definition) is 2. The van der Waals surface area contributed by atoms with Gasteiger partial charge in [-0.05, 0) is 55.3 Å². The molecule has 5 heteroatoms. The fourth-order valence-electron chi connectivity index (χ4n) is 2.31. The average Bonchev–Trinajstić information content (AvgIpc) is 2.60. The third-order valence-electron chi connectivity index (χ3n) is 3.99. The predicted octanol–water partition coefficient (Wildman–Crippen LogP) is 3.56. The van der Waals surface area contributed by atoms with E-state index >= 15 is 0 Å². The number of carbonyl (C=O) groups is 1. The third kappa shape index (κ3) is 6.50. The number of carbonyl (C=O) groups excluding carboxylic acids is 1. The van der Waals surface area contributed by atoms with Gasteiger partial charge in [0.15, 0.2) is 5.78 Å². The first kappa shape index (κ1) is 19.4. The number of hydrogen-bond acceptors (Lipinski definition) is 4. The number of rotatable bonds is 9. The number of nitrogens with one attached hydrogen (secondary N) is 1. The molecular weight excluding hydrogens is 338 g/mol. The Kier molecular flexibility index (Phi) is 7.44. The largest absolute Gasteiger partial charge is 0.491 e. The van der Waals surface area contributed by atoms with Crippen LogP contribution in [0, 0.1) is 13.8 Å². The summed E-state index contributed by atoms with van der Waals surface area (Å²) in [4.78, 5) is 12.2. The van der Waals surface area contributed by atoms with Gasteiger partial charge in [-0.1, -0.05) is 23.7 Å². The van der Waals surface area contributed by atoms with E-state index in [4.69, 9.17) is 16.3 Å². The second-order valence-corrected chi connectivity index (χ2v) is 6.53. The van der Waals surface area contributed by atoms with Crippen molar-refractivity contribution in [1.82, 2.24) is 5.32 Å². The molecule has 0 heterocycles. The molecule has 0 saturated heterocycles. The van der Waals surface area contributed by atoms with E-state index in [2.05, 4.69) is 5.32 Å². The highest BCUT2D eigenvalue weighted by molar-refractivity contribution is 6.30. The normalized spacial score (nSPS) is 12.0. The van der Waals surface area contributed by atoms with Crippen LogP contribution in [0.15, 0.2) is 42.5 Å². The van der Waals surface area contributed by atoms with Gasteiger partial charge in [-0.3, -0.25) is 4.79 Å². The van der Waals surface area contributed by atoms with Crippen LogP contribution in [0.25, 0.3) is 0 Å². The predicted molar refractivity (Wildman–Crippen MR) is 101 cm³/mol. The van der Waals surface area contributed by atoms with Crippen molar-refractivity contribution in [3.8, 4) is 5.75 Å². The topological polar surface area (TPSA) is 58.6 Å². The van der Waals surface area contributed by atoms with E-state index in [0.29, 0.717) is 30.3 Å². The highest BCUT2D eigenvalue weighted by Gasteiger charge is 2.08. The zero-order chi connectivity index (χ0) is 18.2. The SMILES string of the molecule is Cc1ccc(C(=O)CCNCC(O)COc2ccc(Cl)cc2)cc1C. The van der Waals surface area contributed by atoms with Gasteiger partial charge in [0.05, 0.1) is 0 Å². The van der Waals surface area contributed by atoms with E-state index in [9.17, 15) is 9.90 Å². The van der Waals surface area contributed by atoms with Gasteiger partial charge < -0.3 is 15.2 Å². The maximum absolute atomic E-state index is 12.2. The summed E-state index contributed by atoms with van der Waals surface area (Å²) >= 11 is 5.80. The van der Waals surface area contributed by atoms with Crippen LogP contribution in [-0.2, 0) is 0 Å². The number of halogens is 1. The maximum Gasteiger partial charge on any atom is 0.164 e. The van der Waals surface area contributed by atoms with Gasteiger partial charge in [-0.15, -0.1) is 0 Å². The number of benzene rings is 2. The lowest BCUT2D eigenvalue weighted by atomic mass is 10.0. The van der Waals surface area contributed by atoms with Crippen LogP contribution in [0.1, 0.15) is 27.9 Å². The van der Waals surface area contributed by atoms with Gasteiger partial charge in [0.2, 0.25) is 0 Å². The minimum absolute atomic E-state index is 0.0995. The van der Waals surface area contributed by atoms with Crippen molar-refractivity contribution in [3.05, 3.63) is 64.2 Å². The molecule has 0 radical (unpaired) electrons. The number of aliphatic hydroxyl groups is 1. The molecule has 2 rings (SSSR count). The van der Waals surface area contributed by atoms with Gasteiger partial charge in [-0.25, -0.2) is 0 Å². The molecule has 1 unspecified atom stereocenters. The number of aryl methyl sites for hydroxylation is 2. The number of ketones is 1. The fraction of sp³-hybridized carbons (Fsp3) is 0.350. The molecule has 0 amide bonds. The van der Waals surface area contributed by atoms with E-state index < -0.39 is 6.10 Å². The molecule has 4 nitrogen and oxygen atoms in total. The Morgan fingerprint density at radius 2 is 1.88 bits per heavy atom. The van der Waals surface area contributed by atoms with E-state index in [1.165, 1.54) is 5.56 Å². The van der Waals surface area contributed by atoms with Crippen molar-refractivity contribution in [2.24, 2.45) is 0 Å². The van der Waals surface area contributed by atoms with Crippen molar-refractivity contribution < 1.29 is 14.6 Å². The Hall–Kier alpha value is -1.88. The van der Waals surface area contributed by atoms with Crippen LogP contribution in [0.5, 0.6) is 5.75 Å². The molecule has 2 N–H and O–H groups in total. The van der Waals surface area contributed by atoms with Crippen LogP contribution >= 0.6 is 11.6 Å². The first-order valence-corrected chi connectivity index (χ1v) is 8.71. The van der Waals surface area contributed by atoms with Crippen molar-refractivity contribution in [2.75, 3.05) is 19.7 Å². The van der Waals surface area contributed by atoms with Crippen LogP contribution in [0.4, 0.5) is 0 Å². The van der Waals surface area contributed by atoms with Gasteiger partial charge in [0.1, 0.15) is 18.5 Å². The van der Waals surface area contributed by atoms with Crippen molar-refractivity contribution >= 4 is 17.4 Å². The van der Waals surface area contributed by atoms with Crippen molar-refractivity contribution in [1.29, 1.82) is 0 Å². The van der Waals surface area contributed by atoms with E-state index in [1.807, 2.05) is 32.0 Å². The van der Waals surface area contributed by atoms with Crippen molar-refractivity contribution in [2.45, 2.75) is 26.4 Å². The minimum atomic E-state index is -0.646. The lowest BCUT2D eigenvalue weighted by molar-refractivity contribution is 0.0963. The summed E-state index contributed by atoms with van der Waals surface area (Å²) in [6.07, 6.45) is -0.250. The number of ether oxygens (including phenoxy) is 1. The highest BCUT2D eigenvalue weighted by Crippen LogP contribution is 2.15.